The average molecular weight is 654 g/mol. The quantitative estimate of drug-likeness (QED) is 0.262. The third-order valence-corrected chi connectivity index (χ3v) is 9.95. The number of amides is 1. The van der Waals surface area contributed by atoms with Gasteiger partial charge in [0.05, 0.1) is 23.7 Å². The van der Waals surface area contributed by atoms with E-state index in [-0.39, 0.29) is 30.5 Å². The predicted molar refractivity (Wildman–Crippen MR) is 165 cm³/mol. The van der Waals surface area contributed by atoms with E-state index in [9.17, 15) is 31.1 Å². The zero-order valence-corrected chi connectivity index (χ0v) is 26.7. The molecule has 3 aliphatic heterocycles. The molecule has 5 rings (SSSR count). The van der Waals surface area contributed by atoms with Gasteiger partial charge < -0.3 is 19.4 Å². The molecule has 0 aliphatic carbocycles. The van der Waals surface area contributed by atoms with E-state index in [0.717, 1.165) is 44.6 Å². The lowest BCUT2D eigenvalue weighted by Crippen LogP contribution is -2.47. The summed E-state index contributed by atoms with van der Waals surface area (Å²) in [5, 5.41) is 0. The van der Waals surface area contributed by atoms with Crippen molar-refractivity contribution in [3.8, 4) is 5.75 Å². The molecule has 11 heteroatoms. The fourth-order valence-electron chi connectivity index (χ4n) is 7.48. The highest BCUT2D eigenvalue weighted by Gasteiger charge is 2.47. The van der Waals surface area contributed by atoms with Gasteiger partial charge in [-0.3, -0.25) is 4.79 Å². The molecular formula is C35H45F6N3O2. The molecule has 3 fully saturated rings. The Labute approximate surface area is 267 Å². The van der Waals surface area contributed by atoms with Crippen molar-refractivity contribution in [2.75, 3.05) is 45.8 Å². The number of halogens is 6. The van der Waals surface area contributed by atoms with Crippen molar-refractivity contribution in [1.29, 1.82) is 0 Å². The van der Waals surface area contributed by atoms with Crippen molar-refractivity contribution < 1.29 is 35.9 Å². The average Bonchev–Trinajstić information content (AvgIpc) is 3.45. The van der Waals surface area contributed by atoms with Crippen molar-refractivity contribution in [2.24, 2.45) is 0 Å². The fraction of sp³-hybridized carbons (Fsp3) is 0.629. The number of nitrogens with zero attached hydrogens (tertiary/aromatic N) is 3. The second-order valence-electron chi connectivity index (χ2n) is 13.5. The number of alkyl halides is 6. The summed E-state index contributed by atoms with van der Waals surface area (Å²) >= 11 is 0. The Morgan fingerprint density at radius 2 is 1.59 bits per heavy atom. The number of hydrogen-bond donors (Lipinski definition) is 0. The van der Waals surface area contributed by atoms with Crippen molar-refractivity contribution in [1.82, 2.24) is 14.7 Å². The van der Waals surface area contributed by atoms with Crippen LogP contribution in [0.4, 0.5) is 26.3 Å². The Balaban J connectivity index is 1.35. The Kier molecular flexibility index (Phi) is 10.6. The molecule has 0 bridgehead atoms. The number of piperidine rings is 2. The number of hydrogen-bond acceptors (Lipinski definition) is 4. The van der Waals surface area contributed by atoms with Gasteiger partial charge in [0, 0.05) is 24.5 Å². The number of carbonyl (C=O) groups excluding carboxylic acids is 1. The van der Waals surface area contributed by atoms with E-state index in [1.54, 1.807) is 11.0 Å². The van der Waals surface area contributed by atoms with Crippen LogP contribution >= 0.6 is 0 Å². The molecule has 0 radical (unpaired) electrons. The smallest absolute Gasteiger partial charge is 0.417 e. The van der Waals surface area contributed by atoms with E-state index in [0.29, 0.717) is 49.9 Å². The van der Waals surface area contributed by atoms with E-state index >= 15 is 0 Å². The van der Waals surface area contributed by atoms with Crippen molar-refractivity contribution in [3.05, 3.63) is 64.7 Å². The first kappa shape index (κ1) is 34.5. The molecular weight excluding hydrogens is 608 g/mol. The molecule has 0 N–H and O–H groups in total. The normalized spacial score (nSPS) is 22.5. The maximum Gasteiger partial charge on any atom is 0.417 e. The molecule has 5 nitrogen and oxygen atoms in total. The molecule has 1 unspecified atom stereocenters. The van der Waals surface area contributed by atoms with Crippen molar-refractivity contribution in [2.45, 2.75) is 95.1 Å². The van der Waals surface area contributed by atoms with Gasteiger partial charge in [0.2, 0.25) is 5.91 Å². The van der Waals surface area contributed by atoms with Gasteiger partial charge in [-0.1, -0.05) is 24.6 Å². The molecule has 3 saturated heterocycles. The third kappa shape index (κ3) is 8.37. The first-order chi connectivity index (χ1) is 21.7. The van der Waals surface area contributed by atoms with Gasteiger partial charge in [-0.25, -0.2) is 0 Å². The van der Waals surface area contributed by atoms with E-state index in [1.165, 1.54) is 25.3 Å². The molecule has 0 spiro atoms. The van der Waals surface area contributed by atoms with Crippen LogP contribution in [0.5, 0.6) is 5.75 Å². The molecule has 3 heterocycles. The van der Waals surface area contributed by atoms with Gasteiger partial charge in [-0.15, -0.1) is 0 Å². The summed E-state index contributed by atoms with van der Waals surface area (Å²) in [5.74, 6) is 0.471. The highest BCUT2D eigenvalue weighted by molar-refractivity contribution is 5.79. The van der Waals surface area contributed by atoms with Gasteiger partial charge in [0.25, 0.3) is 0 Å². The monoisotopic (exact) mass is 653 g/mol. The van der Waals surface area contributed by atoms with Gasteiger partial charge in [0.1, 0.15) is 5.75 Å². The lowest BCUT2D eigenvalue weighted by molar-refractivity contribution is -0.162. The SMILES string of the molecule is CC(C)Oc1cccc(CC(=O)N2CCC(CCN3CCC(N4CCCCC4)CC3)(c3ccc(C(F)(F)F)c(C(F)(F)F)c3)C2)c1. The minimum atomic E-state index is -5.17. The second-order valence-corrected chi connectivity index (χ2v) is 13.5. The first-order valence-corrected chi connectivity index (χ1v) is 16.5. The number of carbonyl (C=O) groups is 1. The predicted octanol–water partition coefficient (Wildman–Crippen LogP) is 7.56. The summed E-state index contributed by atoms with van der Waals surface area (Å²) in [5.41, 5.74) is -3.30. The first-order valence-electron chi connectivity index (χ1n) is 16.5. The van der Waals surface area contributed by atoms with E-state index in [4.69, 9.17) is 4.74 Å². The molecule has 3 aliphatic rings. The van der Waals surface area contributed by atoms with Crippen LogP contribution in [0.2, 0.25) is 0 Å². The minimum Gasteiger partial charge on any atom is -0.491 e. The second kappa shape index (κ2) is 14.1. The Hall–Kier alpha value is -2.79. The summed E-state index contributed by atoms with van der Waals surface area (Å²) in [6, 6.07) is 10.2. The third-order valence-electron chi connectivity index (χ3n) is 9.95. The molecule has 2 aromatic carbocycles. The summed E-state index contributed by atoms with van der Waals surface area (Å²) in [4.78, 5) is 20.1. The maximum atomic E-state index is 14.0. The highest BCUT2D eigenvalue weighted by atomic mass is 19.4. The number of ether oxygens (including phenoxy) is 1. The van der Waals surface area contributed by atoms with Crippen molar-refractivity contribution in [3.63, 3.8) is 0 Å². The number of likely N-dealkylation sites (tertiary alicyclic amines) is 3. The zero-order chi connectivity index (χ0) is 33.1. The molecule has 46 heavy (non-hydrogen) atoms. The molecule has 0 aromatic heterocycles. The Morgan fingerprint density at radius 3 is 2.24 bits per heavy atom. The molecule has 1 amide bonds. The van der Waals surface area contributed by atoms with Gasteiger partial charge in [-0.2, -0.15) is 26.3 Å². The summed E-state index contributed by atoms with van der Waals surface area (Å²) in [7, 11) is 0. The van der Waals surface area contributed by atoms with Crippen LogP contribution in [0.15, 0.2) is 42.5 Å². The van der Waals surface area contributed by atoms with Crippen LogP contribution in [0.25, 0.3) is 0 Å². The van der Waals surface area contributed by atoms with Crippen LogP contribution in [0.3, 0.4) is 0 Å². The summed E-state index contributed by atoms with van der Waals surface area (Å²) in [6.45, 7) is 8.89. The van der Waals surface area contributed by atoms with Crippen LogP contribution in [0, 0.1) is 0 Å². The largest absolute Gasteiger partial charge is 0.491 e. The summed E-state index contributed by atoms with van der Waals surface area (Å²) in [6.07, 6.45) is -3.66. The van der Waals surface area contributed by atoms with Gasteiger partial charge in [0.15, 0.2) is 0 Å². The van der Waals surface area contributed by atoms with E-state index < -0.39 is 28.9 Å². The molecule has 1 atom stereocenters. The lowest BCUT2D eigenvalue weighted by Gasteiger charge is -2.41. The maximum absolute atomic E-state index is 14.0. The zero-order valence-electron chi connectivity index (χ0n) is 26.7. The highest BCUT2D eigenvalue weighted by Crippen LogP contribution is 2.45. The van der Waals surface area contributed by atoms with Crippen LogP contribution in [-0.4, -0.2) is 78.6 Å². The molecule has 0 saturated carbocycles. The fourth-order valence-corrected chi connectivity index (χ4v) is 7.48. The lowest BCUT2D eigenvalue weighted by atomic mass is 9.75. The minimum absolute atomic E-state index is 0.0361. The van der Waals surface area contributed by atoms with Crippen molar-refractivity contribution >= 4 is 5.91 Å². The van der Waals surface area contributed by atoms with E-state index in [2.05, 4.69) is 9.80 Å². The standard InChI is InChI=1S/C35H45F6N3O2/c1-25(2)46-29-8-6-7-26(21-29)22-32(45)44-20-14-33(24-44,27-9-10-30(34(36,37)38)31(23-27)35(39,40)41)13-19-42-17-11-28(12-18-42)43-15-4-3-5-16-43/h6-10,21,23,25,28H,3-5,11-20,22,24H2,1-2H3. The molecule has 2 aromatic rings. The number of benzene rings is 2. The van der Waals surface area contributed by atoms with Crippen LogP contribution in [0.1, 0.15) is 81.0 Å². The van der Waals surface area contributed by atoms with Gasteiger partial charge in [-0.05, 0) is 120 Å². The van der Waals surface area contributed by atoms with Crippen LogP contribution < -0.4 is 4.74 Å². The topological polar surface area (TPSA) is 36.0 Å². The summed E-state index contributed by atoms with van der Waals surface area (Å²) < 4.78 is 88.7. The van der Waals surface area contributed by atoms with Gasteiger partial charge >= 0.3 is 12.4 Å². The Bertz CT molecular complexity index is 1330. The van der Waals surface area contributed by atoms with E-state index in [1.807, 2.05) is 32.0 Å². The number of rotatable bonds is 9. The van der Waals surface area contributed by atoms with Crippen LogP contribution in [-0.2, 0) is 29.0 Å². The Morgan fingerprint density at radius 1 is 0.891 bits per heavy atom. The molecule has 254 valence electrons.